The van der Waals surface area contributed by atoms with E-state index in [4.69, 9.17) is 5.26 Å². The molecule has 0 bridgehead atoms. The molecule has 0 aromatic carbocycles. The third kappa shape index (κ3) is 1.45. The van der Waals surface area contributed by atoms with Gasteiger partial charge in [-0.3, -0.25) is 0 Å². The summed E-state index contributed by atoms with van der Waals surface area (Å²) in [6, 6.07) is 0. The van der Waals surface area contributed by atoms with Crippen molar-refractivity contribution < 1.29 is 4.79 Å². The predicted molar refractivity (Wildman–Crippen MR) is 50.0 cm³/mol. The topological polar surface area (TPSA) is 40.9 Å². The molecule has 68 valence electrons. The fraction of sp³-hybridized carbons (Fsp3) is 0.600. The van der Waals surface area contributed by atoms with Gasteiger partial charge in [-0.25, -0.2) is 0 Å². The zero-order valence-electron chi connectivity index (χ0n) is 7.27. The molecule has 0 saturated heterocycles. The van der Waals surface area contributed by atoms with Gasteiger partial charge >= 0.3 is 83.8 Å². The maximum atomic E-state index is 11.5. The Balaban J connectivity index is 1.84. The Morgan fingerprint density at radius 3 is 3.31 bits per heavy atom. The number of hydrogen-bond donors (Lipinski definition) is 0. The average Bonchev–Trinajstić information content (AvgIpc) is 2.56. The third-order valence-corrected chi connectivity index (χ3v) is 4.20. The van der Waals surface area contributed by atoms with E-state index in [1.165, 1.54) is 0 Å². The van der Waals surface area contributed by atoms with Crippen LogP contribution in [0.5, 0.6) is 0 Å². The molecule has 0 aromatic heterocycles. The molecule has 3 atom stereocenters. The number of nitrogens with zero attached hydrogens (tertiary/aromatic N) is 1. The van der Waals surface area contributed by atoms with Gasteiger partial charge in [0.1, 0.15) is 0 Å². The van der Waals surface area contributed by atoms with Crippen molar-refractivity contribution in [3.05, 3.63) is 12.2 Å². The van der Waals surface area contributed by atoms with Gasteiger partial charge in [-0.1, -0.05) is 0 Å². The third-order valence-electron chi connectivity index (χ3n) is 3.00. The standard InChI is InChI=1S/C10H11NOSe/c11-6-13-5-4-9-7-2-1-3-8(7)10(9)12/h1-2,7-9H,3-5H2. The zero-order valence-corrected chi connectivity index (χ0v) is 8.98. The summed E-state index contributed by atoms with van der Waals surface area (Å²) in [5.74, 6) is 1.56. The predicted octanol–water partition coefficient (Wildman–Crippen LogP) is 1.37. The number of rotatable bonds is 3. The molecule has 0 amide bonds. The minimum absolute atomic E-state index is 0.0910. The second kappa shape index (κ2) is 3.65. The van der Waals surface area contributed by atoms with Crippen molar-refractivity contribution in [2.45, 2.75) is 18.2 Å². The van der Waals surface area contributed by atoms with Crippen molar-refractivity contribution in [3.63, 3.8) is 0 Å². The molecule has 2 rings (SSSR count). The molecule has 0 aromatic rings. The number of carbonyl (C=O) groups is 1. The van der Waals surface area contributed by atoms with E-state index in [0.29, 0.717) is 17.6 Å². The van der Waals surface area contributed by atoms with Crippen molar-refractivity contribution in [2.75, 3.05) is 0 Å². The molecular formula is C10H11NOSe. The van der Waals surface area contributed by atoms with E-state index in [0.717, 1.165) is 18.2 Å². The molecule has 1 fully saturated rings. The average molecular weight is 240 g/mol. The molecule has 0 spiro atoms. The van der Waals surface area contributed by atoms with Gasteiger partial charge in [0.25, 0.3) is 0 Å². The molecule has 2 nitrogen and oxygen atoms in total. The summed E-state index contributed by atoms with van der Waals surface area (Å²) in [5, 5.41) is 9.34. The van der Waals surface area contributed by atoms with Gasteiger partial charge in [-0.2, -0.15) is 0 Å². The minimum atomic E-state index is 0.0910. The molecule has 3 unspecified atom stereocenters. The van der Waals surface area contributed by atoms with Crippen LogP contribution in [0.2, 0.25) is 5.32 Å². The molecule has 0 aliphatic heterocycles. The van der Waals surface area contributed by atoms with Crippen LogP contribution < -0.4 is 0 Å². The fourth-order valence-electron chi connectivity index (χ4n) is 2.31. The Hall–Kier alpha value is -0.581. The summed E-state index contributed by atoms with van der Waals surface area (Å²) in [5.41, 5.74) is 0. The van der Waals surface area contributed by atoms with Crippen LogP contribution in [0.25, 0.3) is 0 Å². The van der Waals surface area contributed by atoms with Crippen LogP contribution in [0.15, 0.2) is 12.2 Å². The summed E-state index contributed by atoms with van der Waals surface area (Å²) in [6.07, 6.45) is 6.22. The van der Waals surface area contributed by atoms with E-state index in [1.54, 1.807) is 0 Å². The van der Waals surface area contributed by atoms with Crippen LogP contribution in [0.1, 0.15) is 12.8 Å². The molecule has 0 heterocycles. The molecule has 13 heavy (non-hydrogen) atoms. The number of allylic oxidation sites excluding steroid dienone is 2. The molecule has 1 saturated carbocycles. The Morgan fingerprint density at radius 1 is 1.69 bits per heavy atom. The van der Waals surface area contributed by atoms with Crippen LogP contribution in [0.3, 0.4) is 0 Å². The molecule has 3 heteroatoms. The van der Waals surface area contributed by atoms with Gasteiger partial charge in [0.15, 0.2) is 0 Å². The number of nitriles is 1. The second-order valence-corrected chi connectivity index (χ2v) is 5.43. The zero-order chi connectivity index (χ0) is 9.26. The van der Waals surface area contributed by atoms with Gasteiger partial charge in [-0.15, -0.1) is 0 Å². The number of carbonyl (C=O) groups excluding carboxylic acids is 1. The van der Waals surface area contributed by atoms with Crippen molar-refractivity contribution >= 4 is 20.7 Å². The van der Waals surface area contributed by atoms with Crippen molar-refractivity contribution in [1.82, 2.24) is 0 Å². The quantitative estimate of drug-likeness (QED) is 0.424. The van der Waals surface area contributed by atoms with Crippen LogP contribution >= 0.6 is 0 Å². The molecular weight excluding hydrogens is 229 g/mol. The van der Waals surface area contributed by atoms with Gasteiger partial charge in [-0.05, 0) is 0 Å². The Morgan fingerprint density at radius 2 is 2.54 bits per heavy atom. The van der Waals surface area contributed by atoms with Crippen LogP contribution in [-0.4, -0.2) is 20.7 Å². The summed E-state index contributed by atoms with van der Waals surface area (Å²) >= 11 is 0.0910. The van der Waals surface area contributed by atoms with E-state index in [1.807, 2.05) is 0 Å². The SMILES string of the molecule is N#C[Se]CCC1C(=O)C2CC=CC21. The first-order valence-corrected chi connectivity index (χ1v) is 6.62. The van der Waals surface area contributed by atoms with Crippen molar-refractivity contribution in [3.8, 4) is 4.97 Å². The normalized spacial score (nSPS) is 35.3. The molecule has 0 N–H and O–H groups in total. The van der Waals surface area contributed by atoms with Gasteiger partial charge in [0, 0.05) is 0 Å². The number of ketones is 1. The first-order valence-electron chi connectivity index (χ1n) is 4.56. The first kappa shape index (κ1) is 8.99. The van der Waals surface area contributed by atoms with E-state index in [9.17, 15) is 4.79 Å². The van der Waals surface area contributed by atoms with E-state index >= 15 is 0 Å². The first-order chi connectivity index (χ1) is 6.34. The summed E-state index contributed by atoms with van der Waals surface area (Å²) < 4.78 is 0. The Bertz CT molecular complexity index is 292. The number of Topliss-reactive ketones (excluding diaryl/α,β-unsaturated/α-hetero) is 1. The summed E-state index contributed by atoms with van der Waals surface area (Å²) in [4.78, 5) is 13.7. The summed E-state index contributed by atoms with van der Waals surface area (Å²) in [7, 11) is 0. The fourth-order valence-corrected chi connectivity index (χ4v) is 3.28. The van der Waals surface area contributed by atoms with Crippen molar-refractivity contribution in [2.24, 2.45) is 17.8 Å². The van der Waals surface area contributed by atoms with Crippen molar-refractivity contribution in [1.29, 1.82) is 5.26 Å². The number of hydrogen-bond acceptors (Lipinski definition) is 2. The van der Waals surface area contributed by atoms with Crippen LogP contribution in [-0.2, 0) is 4.79 Å². The Labute approximate surface area is 84.2 Å². The van der Waals surface area contributed by atoms with E-state index in [2.05, 4.69) is 17.1 Å². The van der Waals surface area contributed by atoms with E-state index < -0.39 is 0 Å². The van der Waals surface area contributed by atoms with Gasteiger partial charge in [0.2, 0.25) is 0 Å². The van der Waals surface area contributed by atoms with Crippen LogP contribution in [0, 0.1) is 28.0 Å². The Kier molecular flexibility index (Phi) is 2.53. The maximum absolute atomic E-state index is 11.5. The molecule has 2 aliphatic rings. The summed E-state index contributed by atoms with van der Waals surface area (Å²) in [6.45, 7) is 0. The molecule has 2 aliphatic carbocycles. The molecule has 0 radical (unpaired) electrons. The van der Waals surface area contributed by atoms with Crippen LogP contribution in [0.4, 0.5) is 0 Å². The van der Waals surface area contributed by atoms with E-state index in [-0.39, 0.29) is 20.9 Å². The van der Waals surface area contributed by atoms with Gasteiger partial charge < -0.3 is 0 Å². The second-order valence-electron chi connectivity index (χ2n) is 3.58. The monoisotopic (exact) mass is 241 g/mol. The van der Waals surface area contributed by atoms with Gasteiger partial charge in [0.05, 0.1) is 0 Å². The number of fused-ring (bicyclic) bond motifs is 1.